The average Bonchev–Trinajstić information content (AvgIpc) is 2.82. The number of carboxylic acids is 1. The molecule has 0 aliphatic heterocycles. The molecule has 0 spiro atoms. The number of rotatable bonds is 3. The minimum Gasteiger partial charge on any atom is -0.481 e. The highest BCUT2D eigenvalue weighted by atomic mass is 16.4. The Balaban J connectivity index is 2.13. The maximum Gasteiger partial charge on any atom is 0.307 e. The molecule has 3 rings (SSSR count). The quantitative estimate of drug-likeness (QED) is 0.772. The molecule has 0 bridgehead atoms. The van der Waals surface area contributed by atoms with Crippen LogP contribution in [-0.4, -0.2) is 11.1 Å². The third-order valence-corrected chi connectivity index (χ3v) is 3.08. The molecule has 3 nitrogen and oxygen atoms in total. The first-order valence-electron chi connectivity index (χ1n) is 6.01. The van der Waals surface area contributed by atoms with Gasteiger partial charge in [-0.2, -0.15) is 0 Å². The molecule has 3 aromatic rings. The first kappa shape index (κ1) is 11.5. The van der Waals surface area contributed by atoms with E-state index in [1.807, 2.05) is 42.5 Å². The zero-order valence-corrected chi connectivity index (χ0v) is 10.2. The van der Waals surface area contributed by atoms with Gasteiger partial charge in [0.1, 0.15) is 5.58 Å². The summed E-state index contributed by atoms with van der Waals surface area (Å²) in [6.45, 7) is 0. The van der Waals surface area contributed by atoms with Crippen molar-refractivity contribution < 1.29 is 14.3 Å². The van der Waals surface area contributed by atoms with Crippen molar-refractivity contribution in [3.63, 3.8) is 0 Å². The Bertz CT molecular complexity index is 726. The van der Waals surface area contributed by atoms with E-state index >= 15 is 0 Å². The van der Waals surface area contributed by atoms with Gasteiger partial charge in [-0.05, 0) is 23.3 Å². The van der Waals surface area contributed by atoms with Gasteiger partial charge < -0.3 is 9.52 Å². The number of fused-ring (bicyclic) bond motifs is 1. The molecule has 0 aliphatic carbocycles. The first-order valence-corrected chi connectivity index (χ1v) is 6.01. The number of aliphatic carboxylic acids is 1. The monoisotopic (exact) mass is 252 g/mol. The van der Waals surface area contributed by atoms with Crippen molar-refractivity contribution >= 4 is 16.9 Å². The summed E-state index contributed by atoms with van der Waals surface area (Å²) >= 11 is 0. The molecule has 0 aliphatic rings. The second-order valence-corrected chi connectivity index (χ2v) is 4.42. The van der Waals surface area contributed by atoms with Crippen LogP contribution in [0.3, 0.4) is 0 Å². The zero-order chi connectivity index (χ0) is 13.2. The first-order chi connectivity index (χ1) is 9.24. The number of carbonyl (C=O) groups is 1. The number of furan rings is 1. The predicted molar refractivity (Wildman–Crippen MR) is 73.0 cm³/mol. The molecule has 0 radical (unpaired) electrons. The largest absolute Gasteiger partial charge is 0.481 e. The Morgan fingerprint density at radius 3 is 2.63 bits per heavy atom. The average molecular weight is 252 g/mol. The van der Waals surface area contributed by atoms with Crippen molar-refractivity contribution in [1.29, 1.82) is 0 Å². The van der Waals surface area contributed by atoms with Gasteiger partial charge in [-0.1, -0.05) is 36.4 Å². The SMILES string of the molecule is O=C(O)Cc1ccc2occ(-c3ccccc3)c2c1. The summed E-state index contributed by atoms with van der Waals surface area (Å²) in [4.78, 5) is 10.8. The van der Waals surface area contributed by atoms with E-state index in [1.54, 1.807) is 12.3 Å². The van der Waals surface area contributed by atoms with Gasteiger partial charge in [0, 0.05) is 10.9 Å². The molecule has 0 atom stereocenters. The molecular weight excluding hydrogens is 240 g/mol. The third-order valence-electron chi connectivity index (χ3n) is 3.08. The van der Waals surface area contributed by atoms with Crippen LogP contribution in [0.5, 0.6) is 0 Å². The molecule has 19 heavy (non-hydrogen) atoms. The fraction of sp³-hybridized carbons (Fsp3) is 0.0625. The van der Waals surface area contributed by atoms with Crippen LogP contribution < -0.4 is 0 Å². The van der Waals surface area contributed by atoms with E-state index in [0.717, 1.165) is 27.7 Å². The lowest BCUT2D eigenvalue weighted by Crippen LogP contribution is -1.99. The fourth-order valence-electron chi connectivity index (χ4n) is 2.20. The predicted octanol–water partition coefficient (Wildman–Crippen LogP) is 3.73. The lowest BCUT2D eigenvalue weighted by molar-refractivity contribution is -0.136. The molecule has 2 aromatic carbocycles. The Labute approximate surface area is 110 Å². The maximum atomic E-state index is 10.8. The lowest BCUT2D eigenvalue weighted by atomic mass is 10.0. The molecule has 0 fully saturated rings. The topological polar surface area (TPSA) is 50.4 Å². The van der Waals surface area contributed by atoms with Crippen LogP contribution in [0.2, 0.25) is 0 Å². The molecule has 0 saturated heterocycles. The van der Waals surface area contributed by atoms with E-state index in [9.17, 15) is 4.79 Å². The Morgan fingerprint density at radius 2 is 1.89 bits per heavy atom. The highest BCUT2D eigenvalue weighted by Crippen LogP contribution is 2.31. The van der Waals surface area contributed by atoms with Crippen LogP contribution in [0, 0.1) is 0 Å². The number of carboxylic acid groups (broad SMARTS) is 1. The van der Waals surface area contributed by atoms with Crippen LogP contribution in [-0.2, 0) is 11.2 Å². The van der Waals surface area contributed by atoms with Crippen molar-refractivity contribution in [2.75, 3.05) is 0 Å². The summed E-state index contributed by atoms with van der Waals surface area (Å²) in [6.07, 6.45) is 1.74. The Hall–Kier alpha value is -2.55. The minimum absolute atomic E-state index is 0.0232. The third kappa shape index (κ3) is 2.22. The van der Waals surface area contributed by atoms with Crippen molar-refractivity contribution in [2.45, 2.75) is 6.42 Å². The second kappa shape index (κ2) is 4.61. The lowest BCUT2D eigenvalue weighted by Gasteiger charge is -2.00. The van der Waals surface area contributed by atoms with E-state index < -0.39 is 5.97 Å². The van der Waals surface area contributed by atoms with Gasteiger partial charge in [0.2, 0.25) is 0 Å². The van der Waals surface area contributed by atoms with Gasteiger partial charge in [0.25, 0.3) is 0 Å². The molecule has 1 heterocycles. The van der Waals surface area contributed by atoms with Gasteiger partial charge in [0.15, 0.2) is 0 Å². The summed E-state index contributed by atoms with van der Waals surface area (Å²) in [7, 11) is 0. The van der Waals surface area contributed by atoms with Crippen molar-refractivity contribution in [3.05, 3.63) is 60.4 Å². The standard InChI is InChI=1S/C16H12O3/c17-16(18)9-11-6-7-15-13(8-11)14(10-19-15)12-4-2-1-3-5-12/h1-8,10H,9H2,(H,17,18). The summed E-state index contributed by atoms with van der Waals surface area (Å²) in [5.41, 5.74) is 3.60. The molecule has 0 amide bonds. The highest BCUT2D eigenvalue weighted by Gasteiger charge is 2.09. The maximum absolute atomic E-state index is 10.8. The molecular formula is C16H12O3. The van der Waals surface area contributed by atoms with E-state index in [2.05, 4.69) is 0 Å². The zero-order valence-electron chi connectivity index (χ0n) is 10.2. The van der Waals surface area contributed by atoms with Crippen LogP contribution in [0.25, 0.3) is 22.1 Å². The van der Waals surface area contributed by atoms with Crippen molar-refractivity contribution in [2.24, 2.45) is 0 Å². The smallest absolute Gasteiger partial charge is 0.307 e. The molecule has 1 aromatic heterocycles. The number of hydrogen-bond acceptors (Lipinski definition) is 2. The normalized spacial score (nSPS) is 10.7. The van der Waals surface area contributed by atoms with Gasteiger partial charge in [-0.25, -0.2) is 0 Å². The summed E-state index contributed by atoms with van der Waals surface area (Å²) in [5, 5.41) is 9.80. The van der Waals surface area contributed by atoms with Crippen LogP contribution in [0.15, 0.2) is 59.2 Å². The molecule has 0 saturated carbocycles. The van der Waals surface area contributed by atoms with Gasteiger partial charge >= 0.3 is 5.97 Å². The molecule has 94 valence electrons. The molecule has 3 heteroatoms. The summed E-state index contributed by atoms with van der Waals surface area (Å²) < 4.78 is 5.52. The molecule has 0 unspecified atom stereocenters. The van der Waals surface area contributed by atoms with E-state index in [0.29, 0.717) is 0 Å². The van der Waals surface area contributed by atoms with Gasteiger partial charge in [-0.15, -0.1) is 0 Å². The number of hydrogen-bond donors (Lipinski definition) is 1. The summed E-state index contributed by atoms with van der Waals surface area (Å²) in [6, 6.07) is 15.4. The highest BCUT2D eigenvalue weighted by molar-refractivity contribution is 5.94. The molecule has 1 N–H and O–H groups in total. The van der Waals surface area contributed by atoms with Crippen molar-refractivity contribution in [3.8, 4) is 11.1 Å². The van der Waals surface area contributed by atoms with E-state index in [-0.39, 0.29) is 6.42 Å². The number of benzene rings is 2. The van der Waals surface area contributed by atoms with Crippen LogP contribution in [0.4, 0.5) is 0 Å². The van der Waals surface area contributed by atoms with Crippen LogP contribution >= 0.6 is 0 Å². The fourth-order valence-corrected chi connectivity index (χ4v) is 2.20. The van der Waals surface area contributed by atoms with E-state index in [1.165, 1.54) is 0 Å². The van der Waals surface area contributed by atoms with Crippen LogP contribution in [0.1, 0.15) is 5.56 Å². The van der Waals surface area contributed by atoms with Gasteiger partial charge in [0.05, 0.1) is 12.7 Å². The second-order valence-electron chi connectivity index (χ2n) is 4.42. The van der Waals surface area contributed by atoms with Gasteiger partial charge in [-0.3, -0.25) is 4.79 Å². The Morgan fingerprint density at radius 1 is 1.11 bits per heavy atom. The summed E-state index contributed by atoms with van der Waals surface area (Å²) in [5.74, 6) is -0.830. The minimum atomic E-state index is -0.830. The van der Waals surface area contributed by atoms with E-state index in [4.69, 9.17) is 9.52 Å². The van der Waals surface area contributed by atoms with Crippen molar-refractivity contribution in [1.82, 2.24) is 0 Å². The Kier molecular flexibility index (Phi) is 2.80.